The van der Waals surface area contributed by atoms with Crippen LogP contribution in [0.1, 0.15) is 0 Å². The van der Waals surface area contributed by atoms with Crippen LogP contribution in [0, 0.1) is 0 Å². The van der Waals surface area contributed by atoms with Gasteiger partial charge in [0, 0.05) is 0 Å². The van der Waals surface area contributed by atoms with Crippen LogP contribution in [-0.2, 0) is 0 Å². The largest absolute Gasteiger partial charge is 0.125 e. The molecule has 0 aromatic rings. The Labute approximate surface area is 41.6 Å². The zero-order valence-electron chi connectivity index (χ0n) is 4.86. The predicted octanol–water partition coefficient (Wildman–Crippen LogP) is 1.45. The molecule has 1 radical (unpaired) electrons. The summed E-state index contributed by atoms with van der Waals surface area (Å²) in [6.07, 6.45) is 1.25. The zero-order valence-corrected chi connectivity index (χ0v) is 4.86. The van der Waals surface area contributed by atoms with Crippen LogP contribution in [0.15, 0.2) is 0 Å². The van der Waals surface area contributed by atoms with Gasteiger partial charge in [-0.15, -0.1) is 6.22 Å². The minimum Gasteiger partial charge on any atom is -0.101 e. The van der Waals surface area contributed by atoms with E-state index < -0.39 is 0 Å². The molecule has 0 saturated carbocycles. The molecule has 0 aliphatic rings. The van der Waals surface area contributed by atoms with Crippen LogP contribution in [0.2, 0.25) is 26.7 Å². The second-order valence-corrected chi connectivity index (χ2v) is 2.04. The molecule has 0 atom stereocenters. The Morgan fingerprint density at radius 2 is 2.00 bits per heavy atom. The zero-order chi connectivity index (χ0) is 4.99. The highest BCUT2D eigenvalue weighted by atomic mass is 13.4. The van der Waals surface area contributed by atoms with Crippen LogP contribution in [0.5, 0.6) is 0 Å². The van der Waals surface area contributed by atoms with Crippen molar-refractivity contribution in [3.63, 3.8) is 0 Å². The molecular weight excluding hydrogens is 69.7 g/mol. The molecule has 0 amide bonds. The molecule has 0 aromatic carbocycles. The van der Waals surface area contributed by atoms with Crippen LogP contribution in [0.25, 0.3) is 0 Å². The molecule has 0 aliphatic carbocycles. The van der Waals surface area contributed by atoms with E-state index in [4.69, 9.17) is 0 Å². The summed E-state index contributed by atoms with van der Waals surface area (Å²) in [6, 6.07) is 0. The lowest BCUT2D eigenvalue weighted by molar-refractivity contribution is 1.78. The minimum atomic E-state index is 0.843. The van der Waals surface area contributed by atoms with E-state index in [1.807, 2.05) is 0 Å². The van der Waals surface area contributed by atoms with Crippen molar-refractivity contribution in [2.24, 2.45) is 0 Å². The van der Waals surface area contributed by atoms with Crippen LogP contribution in [0.4, 0.5) is 0 Å². The van der Waals surface area contributed by atoms with Crippen LogP contribution in [0.3, 0.4) is 0 Å². The maximum atomic E-state index is 2.22. The van der Waals surface area contributed by atoms with E-state index in [0.717, 1.165) is 6.71 Å². The molecular formula is C4H11B2. The van der Waals surface area contributed by atoms with Gasteiger partial charge in [0.15, 0.2) is 0 Å². The summed E-state index contributed by atoms with van der Waals surface area (Å²) >= 11 is 0. The Bertz CT molecular complexity index is 26.7. The molecule has 0 N–H and O–H groups in total. The lowest BCUT2D eigenvalue weighted by atomic mass is 9.42. The average molecular weight is 80.8 g/mol. The number of hydrogen-bond acceptors (Lipinski definition) is 0. The van der Waals surface area contributed by atoms with Gasteiger partial charge in [-0.25, -0.2) is 0 Å². The number of hydrogen-bond donors (Lipinski definition) is 0. The van der Waals surface area contributed by atoms with E-state index in [1.54, 1.807) is 0 Å². The highest BCUT2D eigenvalue weighted by Crippen LogP contribution is 1.84. The second kappa shape index (κ2) is 3.32. The third-order valence-electron chi connectivity index (χ3n) is 0.707. The first kappa shape index (κ1) is 6.13. The summed E-state index contributed by atoms with van der Waals surface area (Å²) < 4.78 is 0. The third kappa shape index (κ3) is 4.13. The van der Waals surface area contributed by atoms with Crippen molar-refractivity contribution in [1.29, 1.82) is 0 Å². The van der Waals surface area contributed by atoms with Gasteiger partial charge in [0.2, 0.25) is 0 Å². The summed E-state index contributed by atoms with van der Waals surface area (Å²) in [4.78, 5) is 0. The van der Waals surface area contributed by atoms with Gasteiger partial charge in [-0.3, -0.25) is 0 Å². The van der Waals surface area contributed by atoms with Gasteiger partial charge in [-0.2, -0.15) is 0 Å². The van der Waals surface area contributed by atoms with Crippen LogP contribution >= 0.6 is 0 Å². The van der Waals surface area contributed by atoms with Gasteiger partial charge < -0.3 is 0 Å². The summed E-state index contributed by atoms with van der Waals surface area (Å²) in [5.74, 6) is 0. The van der Waals surface area contributed by atoms with E-state index in [1.165, 1.54) is 6.22 Å². The molecule has 0 bridgehead atoms. The van der Waals surface area contributed by atoms with Gasteiger partial charge in [0.1, 0.15) is 6.71 Å². The van der Waals surface area contributed by atoms with Crippen molar-refractivity contribution < 1.29 is 0 Å². The minimum absolute atomic E-state index is 0.843. The quantitative estimate of drug-likeness (QED) is 0.441. The smallest absolute Gasteiger partial charge is 0.101 e. The first-order valence-corrected chi connectivity index (χ1v) is 2.55. The van der Waals surface area contributed by atoms with E-state index in [9.17, 15) is 0 Å². The van der Waals surface area contributed by atoms with Crippen molar-refractivity contribution in [1.82, 2.24) is 0 Å². The highest BCUT2D eigenvalue weighted by molar-refractivity contribution is 6.67. The topological polar surface area (TPSA) is 0 Å². The Morgan fingerprint density at radius 3 is 2.00 bits per heavy atom. The maximum Gasteiger partial charge on any atom is 0.125 e. The molecule has 0 rings (SSSR count). The lowest BCUT2D eigenvalue weighted by Gasteiger charge is -1.89. The van der Waals surface area contributed by atoms with Crippen LogP contribution < -0.4 is 0 Å². The van der Waals surface area contributed by atoms with Crippen LogP contribution in [-0.4, -0.2) is 14.0 Å². The maximum absolute atomic E-state index is 2.22. The van der Waals surface area contributed by atoms with E-state index in [2.05, 4.69) is 27.7 Å². The molecule has 0 unspecified atom stereocenters. The fraction of sp³-hybridized carbons (Fsp3) is 1.00. The van der Waals surface area contributed by atoms with Gasteiger partial charge in [0.25, 0.3) is 0 Å². The standard InChI is InChI=1S/C4H11B2/c1-5-4-6(2)3/h4H2,1-3H3. The molecule has 0 nitrogen and oxygen atoms in total. The Balaban J connectivity index is 2.63. The molecule has 33 valence electrons. The van der Waals surface area contributed by atoms with Gasteiger partial charge in [-0.1, -0.05) is 20.5 Å². The third-order valence-corrected chi connectivity index (χ3v) is 0.707. The fourth-order valence-electron chi connectivity index (χ4n) is 0.471. The monoisotopic (exact) mass is 81.1 g/mol. The van der Waals surface area contributed by atoms with Gasteiger partial charge in [-0.05, 0) is 0 Å². The first-order valence-electron chi connectivity index (χ1n) is 2.55. The van der Waals surface area contributed by atoms with E-state index in [0.29, 0.717) is 0 Å². The molecule has 0 fully saturated rings. The van der Waals surface area contributed by atoms with E-state index >= 15 is 0 Å². The average Bonchev–Trinajstić information content (AvgIpc) is 1.35. The Morgan fingerprint density at radius 1 is 1.50 bits per heavy atom. The normalized spacial score (nSPS) is 7.83. The molecule has 0 aromatic heterocycles. The van der Waals surface area contributed by atoms with Crippen molar-refractivity contribution in [3.8, 4) is 0 Å². The molecule has 0 saturated heterocycles. The summed E-state index contributed by atoms with van der Waals surface area (Å²) in [5, 5.41) is 0. The summed E-state index contributed by atoms with van der Waals surface area (Å²) in [6.45, 7) is 7.38. The highest BCUT2D eigenvalue weighted by Gasteiger charge is 1.92. The van der Waals surface area contributed by atoms with Gasteiger partial charge in [0.05, 0.1) is 7.28 Å². The molecule has 0 spiro atoms. The van der Waals surface area contributed by atoms with E-state index in [-0.39, 0.29) is 0 Å². The fourth-order valence-corrected chi connectivity index (χ4v) is 0.471. The second-order valence-electron chi connectivity index (χ2n) is 2.04. The Kier molecular flexibility index (Phi) is 3.40. The first-order chi connectivity index (χ1) is 2.77. The van der Waals surface area contributed by atoms with Crippen molar-refractivity contribution >= 4 is 14.0 Å². The molecule has 2 heteroatoms. The molecule has 6 heavy (non-hydrogen) atoms. The van der Waals surface area contributed by atoms with Crippen molar-refractivity contribution in [2.75, 3.05) is 0 Å². The summed E-state index contributed by atoms with van der Waals surface area (Å²) in [5.41, 5.74) is 0. The molecule has 0 aliphatic heterocycles. The lowest BCUT2D eigenvalue weighted by Crippen LogP contribution is -2.01. The number of rotatable bonds is 2. The summed E-state index contributed by atoms with van der Waals surface area (Å²) in [7, 11) is 2.20. The van der Waals surface area contributed by atoms with Gasteiger partial charge >= 0.3 is 0 Å². The Hall–Kier alpha value is 0.130. The van der Waals surface area contributed by atoms with Crippen molar-refractivity contribution in [3.05, 3.63) is 0 Å². The molecule has 0 heterocycles. The SMILES string of the molecule is C[B]CB(C)C. The predicted molar refractivity (Wildman–Crippen MR) is 33.9 cm³/mol. The van der Waals surface area contributed by atoms with Crippen molar-refractivity contribution in [2.45, 2.75) is 26.7 Å².